The molecule has 0 radical (unpaired) electrons. The van der Waals surface area contributed by atoms with Gasteiger partial charge in [0.05, 0.1) is 18.8 Å². The van der Waals surface area contributed by atoms with Crippen molar-refractivity contribution in [2.24, 2.45) is 0 Å². The second-order valence-electron chi connectivity index (χ2n) is 3.47. The van der Waals surface area contributed by atoms with E-state index in [0.29, 0.717) is 30.4 Å². The first-order valence-corrected chi connectivity index (χ1v) is 5.73. The van der Waals surface area contributed by atoms with Crippen LogP contribution in [0.25, 0.3) is 11.5 Å². The van der Waals surface area contributed by atoms with E-state index in [1.54, 1.807) is 6.07 Å². The van der Waals surface area contributed by atoms with Crippen LogP contribution < -0.4 is 15.2 Å². The van der Waals surface area contributed by atoms with Crippen molar-refractivity contribution in [2.75, 3.05) is 18.9 Å². The van der Waals surface area contributed by atoms with Gasteiger partial charge in [0.1, 0.15) is 11.5 Å². The van der Waals surface area contributed by atoms with Crippen molar-refractivity contribution in [3.63, 3.8) is 0 Å². The maximum Gasteiger partial charge on any atom is 0.313 e. The van der Waals surface area contributed by atoms with E-state index in [1.807, 2.05) is 26.0 Å². The zero-order valence-corrected chi connectivity index (χ0v) is 10.3. The second-order valence-corrected chi connectivity index (χ2v) is 3.47. The number of nitrogen functional groups attached to an aromatic ring is 1. The van der Waals surface area contributed by atoms with Crippen LogP contribution in [0.3, 0.4) is 0 Å². The van der Waals surface area contributed by atoms with Crippen molar-refractivity contribution in [1.82, 2.24) is 10.2 Å². The molecule has 0 bridgehead atoms. The Morgan fingerprint density at radius 2 is 1.94 bits per heavy atom. The third kappa shape index (κ3) is 2.53. The number of aromatic nitrogens is 2. The Balaban J connectivity index is 2.39. The lowest BCUT2D eigenvalue weighted by molar-refractivity contribution is 0.323. The highest BCUT2D eigenvalue weighted by atomic mass is 16.5. The number of hydrogen-bond acceptors (Lipinski definition) is 6. The summed E-state index contributed by atoms with van der Waals surface area (Å²) in [6, 6.07) is 5.45. The highest BCUT2D eigenvalue weighted by Gasteiger charge is 2.13. The molecule has 96 valence electrons. The predicted octanol–water partition coefficient (Wildman–Crippen LogP) is 2.12. The SMILES string of the molecule is CCOc1ccc(-c2nnc(N)o2)c(OCC)c1. The van der Waals surface area contributed by atoms with Crippen LogP contribution in [0.1, 0.15) is 13.8 Å². The van der Waals surface area contributed by atoms with Crippen LogP contribution in [-0.4, -0.2) is 23.4 Å². The molecule has 0 fully saturated rings. The Bertz CT molecular complexity index is 525. The van der Waals surface area contributed by atoms with Crippen LogP contribution in [0.5, 0.6) is 11.5 Å². The highest BCUT2D eigenvalue weighted by Crippen LogP contribution is 2.33. The fraction of sp³-hybridized carbons (Fsp3) is 0.333. The summed E-state index contributed by atoms with van der Waals surface area (Å²) < 4.78 is 16.1. The van der Waals surface area contributed by atoms with Gasteiger partial charge in [-0.2, -0.15) is 0 Å². The molecule has 0 spiro atoms. The van der Waals surface area contributed by atoms with Crippen LogP contribution in [0, 0.1) is 0 Å². The van der Waals surface area contributed by atoms with E-state index >= 15 is 0 Å². The first kappa shape index (κ1) is 12.2. The topological polar surface area (TPSA) is 83.4 Å². The molecule has 1 aromatic heterocycles. The van der Waals surface area contributed by atoms with Crippen molar-refractivity contribution < 1.29 is 13.9 Å². The van der Waals surface area contributed by atoms with E-state index in [1.165, 1.54) is 0 Å². The van der Waals surface area contributed by atoms with E-state index in [-0.39, 0.29) is 6.01 Å². The molecule has 0 saturated heterocycles. The lowest BCUT2D eigenvalue weighted by Gasteiger charge is -2.10. The summed E-state index contributed by atoms with van der Waals surface area (Å²) in [5.41, 5.74) is 6.11. The molecule has 0 unspecified atom stereocenters. The third-order valence-electron chi connectivity index (χ3n) is 2.23. The van der Waals surface area contributed by atoms with Crippen LogP contribution in [-0.2, 0) is 0 Å². The Hall–Kier alpha value is -2.24. The zero-order valence-electron chi connectivity index (χ0n) is 10.3. The summed E-state index contributed by atoms with van der Waals surface area (Å²) in [5.74, 6) is 1.70. The van der Waals surface area contributed by atoms with Crippen LogP contribution in [0.15, 0.2) is 22.6 Å². The number of hydrogen-bond donors (Lipinski definition) is 1. The smallest absolute Gasteiger partial charge is 0.313 e. The van der Waals surface area contributed by atoms with Gasteiger partial charge in [-0.15, -0.1) is 5.10 Å². The molecule has 0 aliphatic rings. The average Bonchev–Trinajstić information content (AvgIpc) is 2.77. The number of anilines is 1. The summed E-state index contributed by atoms with van der Waals surface area (Å²) in [6.45, 7) is 4.96. The molecular formula is C12H15N3O3. The largest absolute Gasteiger partial charge is 0.494 e. The van der Waals surface area contributed by atoms with Crippen molar-refractivity contribution in [1.29, 1.82) is 0 Å². The summed E-state index contributed by atoms with van der Waals surface area (Å²) in [5, 5.41) is 7.47. The molecule has 1 aromatic carbocycles. The van der Waals surface area contributed by atoms with Gasteiger partial charge in [0.25, 0.3) is 5.89 Å². The molecular weight excluding hydrogens is 234 g/mol. The molecule has 0 atom stereocenters. The van der Waals surface area contributed by atoms with Gasteiger partial charge >= 0.3 is 6.01 Å². The minimum Gasteiger partial charge on any atom is -0.494 e. The molecule has 1 heterocycles. The molecule has 18 heavy (non-hydrogen) atoms. The zero-order chi connectivity index (χ0) is 13.0. The first-order chi connectivity index (χ1) is 8.74. The molecule has 2 aromatic rings. The standard InChI is InChI=1S/C12H15N3O3/c1-3-16-8-5-6-9(10(7-8)17-4-2)11-14-15-12(13)18-11/h5-7H,3-4H2,1-2H3,(H2,13,15). The third-order valence-corrected chi connectivity index (χ3v) is 2.23. The van der Waals surface area contributed by atoms with Gasteiger partial charge in [0.15, 0.2) is 0 Å². The van der Waals surface area contributed by atoms with Crippen molar-refractivity contribution in [3.8, 4) is 23.0 Å². The van der Waals surface area contributed by atoms with Gasteiger partial charge in [-0.3, -0.25) is 0 Å². The first-order valence-electron chi connectivity index (χ1n) is 5.73. The molecule has 0 aliphatic carbocycles. The fourth-order valence-electron chi connectivity index (χ4n) is 1.55. The monoisotopic (exact) mass is 249 g/mol. The van der Waals surface area contributed by atoms with Gasteiger partial charge in [-0.25, -0.2) is 0 Å². The van der Waals surface area contributed by atoms with Crippen LogP contribution in [0.2, 0.25) is 0 Å². The average molecular weight is 249 g/mol. The predicted molar refractivity (Wildman–Crippen MR) is 66.5 cm³/mol. The summed E-state index contributed by atoms with van der Waals surface area (Å²) in [4.78, 5) is 0. The van der Waals surface area contributed by atoms with Gasteiger partial charge in [-0.05, 0) is 26.0 Å². The molecule has 2 rings (SSSR count). The number of nitrogens with two attached hydrogens (primary N) is 1. The normalized spacial score (nSPS) is 10.3. The molecule has 0 aliphatic heterocycles. The quantitative estimate of drug-likeness (QED) is 0.873. The number of ether oxygens (including phenoxy) is 2. The summed E-state index contributed by atoms with van der Waals surface area (Å²) >= 11 is 0. The molecule has 2 N–H and O–H groups in total. The molecule has 0 saturated carbocycles. The molecule has 6 nitrogen and oxygen atoms in total. The summed E-state index contributed by atoms with van der Waals surface area (Å²) in [7, 11) is 0. The van der Waals surface area contributed by atoms with Gasteiger partial charge in [0, 0.05) is 6.07 Å². The van der Waals surface area contributed by atoms with E-state index in [2.05, 4.69) is 10.2 Å². The number of rotatable bonds is 5. The number of nitrogens with zero attached hydrogens (tertiary/aromatic N) is 2. The van der Waals surface area contributed by atoms with E-state index in [0.717, 1.165) is 5.75 Å². The van der Waals surface area contributed by atoms with E-state index in [9.17, 15) is 0 Å². The molecule has 0 amide bonds. The summed E-state index contributed by atoms with van der Waals surface area (Å²) in [6.07, 6.45) is 0. The fourth-order valence-corrected chi connectivity index (χ4v) is 1.55. The lowest BCUT2D eigenvalue weighted by atomic mass is 10.2. The minimum atomic E-state index is 0.0290. The second kappa shape index (κ2) is 5.39. The maximum atomic E-state index is 5.54. The van der Waals surface area contributed by atoms with Gasteiger partial charge < -0.3 is 19.6 Å². The van der Waals surface area contributed by atoms with Gasteiger partial charge in [0.2, 0.25) is 0 Å². The maximum absolute atomic E-state index is 5.54. The molecule has 6 heteroatoms. The Morgan fingerprint density at radius 1 is 1.17 bits per heavy atom. The van der Waals surface area contributed by atoms with E-state index < -0.39 is 0 Å². The van der Waals surface area contributed by atoms with Crippen molar-refractivity contribution in [2.45, 2.75) is 13.8 Å². The Kier molecular flexibility index (Phi) is 3.66. The highest BCUT2D eigenvalue weighted by molar-refractivity contribution is 5.64. The lowest BCUT2D eigenvalue weighted by Crippen LogP contribution is -1.97. The number of benzene rings is 1. The Morgan fingerprint density at radius 3 is 2.56 bits per heavy atom. The van der Waals surface area contributed by atoms with Crippen LogP contribution in [0.4, 0.5) is 6.01 Å². The minimum absolute atomic E-state index is 0.0290. The van der Waals surface area contributed by atoms with Crippen molar-refractivity contribution >= 4 is 6.01 Å². The van der Waals surface area contributed by atoms with Gasteiger partial charge in [-0.1, -0.05) is 5.10 Å². The van der Waals surface area contributed by atoms with E-state index in [4.69, 9.17) is 19.6 Å². The Labute approximate surface area is 105 Å². The van der Waals surface area contributed by atoms with Crippen molar-refractivity contribution in [3.05, 3.63) is 18.2 Å². The van der Waals surface area contributed by atoms with Crippen LogP contribution >= 0.6 is 0 Å².